The molecule has 1 aromatic carbocycles. The van der Waals surface area contributed by atoms with Crippen molar-refractivity contribution in [2.45, 2.75) is 20.3 Å². The summed E-state index contributed by atoms with van der Waals surface area (Å²) in [4.78, 5) is 14.9. The molecule has 0 radical (unpaired) electrons. The van der Waals surface area contributed by atoms with Gasteiger partial charge in [0, 0.05) is 48.7 Å². The Morgan fingerprint density at radius 2 is 2.19 bits per heavy atom. The van der Waals surface area contributed by atoms with E-state index in [2.05, 4.69) is 10.3 Å². The molecule has 1 aromatic heterocycles. The monoisotopic (exact) mass is 289 g/mol. The van der Waals surface area contributed by atoms with Crippen LogP contribution in [0, 0.1) is 17.0 Å². The minimum atomic E-state index is -0.391. The van der Waals surface area contributed by atoms with Crippen LogP contribution in [0.15, 0.2) is 24.3 Å². The van der Waals surface area contributed by atoms with E-state index >= 15 is 0 Å². The first-order valence-corrected chi connectivity index (χ1v) is 6.99. The Hall–Kier alpha value is -2.21. The number of benzene rings is 1. The minimum Gasteiger partial charge on any atom is -0.384 e. The molecule has 0 fully saturated rings. The number of non-ortho nitro benzene ring substituents is 1. The van der Waals surface area contributed by atoms with Crippen molar-refractivity contribution in [2.24, 2.45) is 0 Å². The number of anilines is 1. The van der Waals surface area contributed by atoms with Gasteiger partial charge in [0.15, 0.2) is 0 Å². The van der Waals surface area contributed by atoms with Crippen LogP contribution in [0.1, 0.15) is 19.0 Å². The Labute approximate surface area is 123 Å². The maximum absolute atomic E-state index is 10.9. The smallest absolute Gasteiger partial charge is 0.270 e. The molecule has 0 aliphatic carbocycles. The molecule has 6 nitrogen and oxygen atoms in total. The van der Waals surface area contributed by atoms with Crippen molar-refractivity contribution in [3.63, 3.8) is 0 Å². The van der Waals surface area contributed by atoms with Crippen LogP contribution >= 0.6 is 0 Å². The first-order chi connectivity index (χ1) is 10.1. The fourth-order valence-corrected chi connectivity index (χ4v) is 2.15. The zero-order chi connectivity index (χ0) is 15.2. The molecule has 2 rings (SSSR count). The summed E-state index contributed by atoms with van der Waals surface area (Å²) >= 11 is 0. The largest absolute Gasteiger partial charge is 0.384 e. The van der Waals surface area contributed by atoms with Crippen LogP contribution in [0.25, 0.3) is 10.9 Å². The SMILES string of the molecule is CCOCCCNc1cc(C)nc2ccc([N+](=O)[O-])cc12. The average Bonchev–Trinajstić information content (AvgIpc) is 2.46. The molecule has 0 aliphatic rings. The summed E-state index contributed by atoms with van der Waals surface area (Å²) in [5, 5.41) is 15.0. The van der Waals surface area contributed by atoms with Crippen molar-refractivity contribution >= 4 is 22.3 Å². The molecule has 0 bridgehead atoms. The Kier molecular flexibility index (Phi) is 5.05. The lowest BCUT2D eigenvalue weighted by atomic mass is 10.1. The molecule has 112 valence electrons. The highest BCUT2D eigenvalue weighted by Crippen LogP contribution is 2.27. The zero-order valence-electron chi connectivity index (χ0n) is 12.3. The molecule has 0 saturated heterocycles. The average molecular weight is 289 g/mol. The van der Waals surface area contributed by atoms with E-state index in [-0.39, 0.29) is 5.69 Å². The maximum atomic E-state index is 10.9. The number of nitro groups is 1. The van der Waals surface area contributed by atoms with Gasteiger partial charge in [-0.2, -0.15) is 0 Å². The van der Waals surface area contributed by atoms with Gasteiger partial charge in [0.1, 0.15) is 0 Å². The van der Waals surface area contributed by atoms with Crippen LogP contribution in [0.2, 0.25) is 0 Å². The summed E-state index contributed by atoms with van der Waals surface area (Å²) in [5.41, 5.74) is 2.58. The van der Waals surface area contributed by atoms with Gasteiger partial charge in [0.2, 0.25) is 0 Å². The number of hydrogen-bond acceptors (Lipinski definition) is 5. The number of pyridine rings is 1. The normalized spacial score (nSPS) is 10.8. The van der Waals surface area contributed by atoms with Crippen LogP contribution in [0.5, 0.6) is 0 Å². The number of ether oxygens (including phenoxy) is 1. The molecule has 0 atom stereocenters. The lowest BCUT2D eigenvalue weighted by Crippen LogP contribution is -2.06. The Morgan fingerprint density at radius 3 is 2.90 bits per heavy atom. The molecule has 2 aromatic rings. The van der Waals surface area contributed by atoms with Crippen LogP contribution < -0.4 is 5.32 Å². The van der Waals surface area contributed by atoms with Crippen LogP contribution in [-0.2, 0) is 4.74 Å². The van der Waals surface area contributed by atoms with Gasteiger partial charge >= 0.3 is 0 Å². The zero-order valence-corrected chi connectivity index (χ0v) is 12.3. The van der Waals surface area contributed by atoms with Crippen LogP contribution in [0.3, 0.4) is 0 Å². The number of nitrogens with zero attached hydrogens (tertiary/aromatic N) is 2. The highest BCUT2D eigenvalue weighted by Gasteiger charge is 2.10. The van der Waals surface area contributed by atoms with Gasteiger partial charge < -0.3 is 10.1 Å². The quantitative estimate of drug-likeness (QED) is 0.481. The molecule has 0 amide bonds. The van der Waals surface area contributed by atoms with Crippen molar-refractivity contribution in [3.05, 3.63) is 40.1 Å². The third-order valence-corrected chi connectivity index (χ3v) is 3.12. The highest BCUT2D eigenvalue weighted by molar-refractivity contribution is 5.93. The molecule has 1 heterocycles. The van der Waals surface area contributed by atoms with Gasteiger partial charge in [-0.25, -0.2) is 0 Å². The van der Waals surface area contributed by atoms with E-state index < -0.39 is 4.92 Å². The van der Waals surface area contributed by atoms with Gasteiger partial charge in [-0.05, 0) is 32.4 Å². The summed E-state index contributed by atoms with van der Waals surface area (Å²) in [7, 11) is 0. The van der Waals surface area contributed by atoms with E-state index in [1.54, 1.807) is 12.1 Å². The van der Waals surface area contributed by atoms with Crippen molar-refractivity contribution in [2.75, 3.05) is 25.1 Å². The summed E-state index contributed by atoms with van der Waals surface area (Å²) in [6.07, 6.45) is 0.881. The first kappa shape index (κ1) is 15.2. The van der Waals surface area contributed by atoms with Crippen LogP contribution in [-0.4, -0.2) is 29.7 Å². The van der Waals surface area contributed by atoms with E-state index in [4.69, 9.17) is 4.74 Å². The molecule has 0 unspecified atom stereocenters. The standard InChI is InChI=1S/C15H19N3O3/c1-3-21-8-4-7-16-15-9-11(2)17-14-6-5-12(18(19)20)10-13(14)15/h5-6,9-10H,3-4,7-8H2,1-2H3,(H,16,17). The van der Waals surface area contributed by atoms with Gasteiger partial charge in [0.05, 0.1) is 10.4 Å². The Bertz CT molecular complexity index is 643. The predicted molar refractivity (Wildman–Crippen MR) is 82.7 cm³/mol. The second-order valence-corrected chi connectivity index (χ2v) is 4.75. The van der Waals surface area contributed by atoms with Crippen molar-refractivity contribution in [3.8, 4) is 0 Å². The molecule has 0 spiro atoms. The van der Waals surface area contributed by atoms with E-state index in [1.807, 2.05) is 19.9 Å². The molecule has 0 aliphatic heterocycles. The Balaban J connectivity index is 2.23. The number of nitrogens with one attached hydrogen (secondary N) is 1. The van der Waals surface area contributed by atoms with Crippen LogP contribution in [0.4, 0.5) is 11.4 Å². The fourth-order valence-electron chi connectivity index (χ4n) is 2.15. The number of aromatic nitrogens is 1. The molecule has 0 saturated carbocycles. The van der Waals surface area contributed by atoms with Gasteiger partial charge in [0.25, 0.3) is 5.69 Å². The lowest BCUT2D eigenvalue weighted by Gasteiger charge is -2.10. The third kappa shape index (κ3) is 3.88. The van der Waals surface area contributed by atoms with E-state index in [1.165, 1.54) is 6.07 Å². The molecule has 1 N–H and O–H groups in total. The number of aryl methyl sites for hydroxylation is 1. The minimum absolute atomic E-state index is 0.0746. The van der Waals surface area contributed by atoms with Gasteiger partial charge in [-0.1, -0.05) is 0 Å². The van der Waals surface area contributed by atoms with Crippen molar-refractivity contribution < 1.29 is 9.66 Å². The van der Waals surface area contributed by atoms with E-state index in [0.29, 0.717) is 13.2 Å². The highest BCUT2D eigenvalue weighted by atomic mass is 16.6. The van der Waals surface area contributed by atoms with Crippen molar-refractivity contribution in [1.82, 2.24) is 4.98 Å². The second kappa shape index (κ2) is 6.99. The number of rotatable bonds is 7. The summed E-state index contributed by atoms with van der Waals surface area (Å²) in [6.45, 7) is 6.04. The van der Waals surface area contributed by atoms with Gasteiger partial charge in [-0.3, -0.25) is 15.1 Å². The Morgan fingerprint density at radius 1 is 1.38 bits per heavy atom. The number of nitro benzene ring substituents is 1. The summed E-state index contributed by atoms with van der Waals surface area (Å²) < 4.78 is 5.29. The topological polar surface area (TPSA) is 77.3 Å². The number of fused-ring (bicyclic) bond motifs is 1. The van der Waals surface area contributed by atoms with E-state index in [9.17, 15) is 10.1 Å². The van der Waals surface area contributed by atoms with Gasteiger partial charge in [-0.15, -0.1) is 0 Å². The maximum Gasteiger partial charge on any atom is 0.270 e. The predicted octanol–water partition coefficient (Wildman–Crippen LogP) is 3.29. The second-order valence-electron chi connectivity index (χ2n) is 4.75. The first-order valence-electron chi connectivity index (χ1n) is 6.99. The lowest BCUT2D eigenvalue weighted by molar-refractivity contribution is -0.384. The summed E-state index contributed by atoms with van der Waals surface area (Å²) in [5.74, 6) is 0. The molecule has 21 heavy (non-hydrogen) atoms. The molecule has 6 heteroatoms. The third-order valence-electron chi connectivity index (χ3n) is 3.12. The summed E-state index contributed by atoms with van der Waals surface area (Å²) in [6, 6.07) is 6.64. The number of hydrogen-bond donors (Lipinski definition) is 1. The fraction of sp³-hybridized carbons (Fsp3) is 0.400. The van der Waals surface area contributed by atoms with E-state index in [0.717, 1.165) is 35.2 Å². The molecular formula is C15H19N3O3. The molecular weight excluding hydrogens is 270 g/mol. The van der Waals surface area contributed by atoms with Crippen molar-refractivity contribution in [1.29, 1.82) is 0 Å².